The molecule has 2 aromatic carbocycles. The molecule has 0 radical (unpaired) electrons. The summed E-state index contributed by atoms with van der Waals surface area (Å²) >= 11 is 0. The van der Waals surface area contributed by atoms with Crippen LogP contribution >= 0.6 is 0 Å². The summed E-state index contributed by atoms with van der Waals surface area (Å²) in [5.74, 6) is -1.39. The van der Waals surface area contributed by atoms with Crippen LogP contribution in [0.1, 0.15) is 82.6 Å². The summed E-state index contributed by atoms with van der Waals surface area (Å²) in [6, 6.07) is 16.5. The van der Waals surface area contributed by atoms with Crippen LogP contribution in [0.4, 0.5) is 0 Å². The number of carbonyl (C=O) groups excluding carboxylic acids is 4. The normalized spacial score (nSPS) is 16.2. The van der Waals surface area contributed by atoms with Crippen molar-refractivity contribution < 1.29 is 42.9 Å². The maximum atomic E-state index is 11.9. The molecule has 0 heterocycles. The highest BCUT2D eigenvalue weighted by atomic mass is 16.6. The highest BCUT2D eigenvalue weighted by Crippen LogP contribution is 2.38. The summed E-state index contributed by atoms with van der Waals surface area (Å²) in [6.07, 6.45) is 9.55. The summed E-state index contributed by atoms with van der Waals surface area (Å²) in [5, 5.41) is 0. The number of unbranched alkanes of at least 4 members (excludes halogenated alkanes) is 2. The van der Waals surface area contributed by atoms with Gasteiger partial charge in [0, 0.05) is 0 Å². The minimum absolute atomic E-state index is 0.0614. The lowest BCUT2D eigenvalue weighted by molar-refractivity contribution is -0.155. The average Bonchev–Trinajstić information content (AvgIpc) is 3.05. The molecule has 0 amide bonds. The smallest absolute Gasteiger partial charge is 0.317 e. The zero-order valence-corrected chi connectivity index (χ0v) is 26.2. The third kappa shape index (κ3) is 12.0. The maximum absolute atomic E-state index is 11.9. The lowest BCUT2D eigenvalue weighted by atomic mass is 9.77. The molecule has 240 valence electrons. The van der Waals surface area contributed by atoms with E-state index in [0.29, 0.717) is 11.7 Å². The van der Waals surface area contributed by atoms with E-state index in [0.717, 1.165) is 17.0 Å². The van der Waals surface area contributed by atoms with Crippen LogP contribution in [0, 0.1) is 11.8 Å². The largest absolute Gasteiger partial charge is 0.493 e. The number of ether oxygens (including phenoxy) is 5. The Morgan fingerprint density at radius 1 is 0.682 bits per heavy atom. The van der Waals surface area contributed by atoms with Crippen LogP contribution in [0.15, 0.2) is 48.5 Å². The summed E-state index contributed by atoms with van der Waals surface area (Å²) in [4.78, 5) is 46.5. The van der Waals surface area contributed by atoms with Crippen LogP contribution in [-0.2, 0) is 38.1 Å². The molecule has 1 fully saturated rings. The van der Waals surface area contributed by atoms with Gasteiger partial charge in [0.25, 0.3) is 0 Å². The first-order valence-electron chi connectivity index (χ1n) is 15.6. The second-order valence-corrected chi connectivity index (χ2v) is 11.4. The fraction of sp³-hybridized carbons (Fsp3) is 0.543. The Labute approximate surface area is 260 Å². The number of hydrogen-bond acceptors (Lipinski definition) is 9. The van der Waals surface area contributed by atoms with Crippen molar-refractivity contribution in [3.8, 4) is 16.9 Å². The molecule has 1 aliphatic carbocycles. The lowest BCUT2D eigenvalue weighted by Gasteiger charge is -2.29. The second kappa shape index (κ2) is 18.7. The van der Waals surface area contributed by atoms with Gasteiger partial charge in [-0.05, 0) is 66.3 Å². The van der Waals surface area contributed by atoms with Crippen molar-refractivity contribution in [2.45, 2.75) is 77.0 Å². The van der Waals surface area contributed by atoms with Crippen LogP contribution in [-0.4, -0.2) is 57.9 Å². The minimum atomic E-state index is -0.770. The summed E-state index contributed by atoms with van der Waals surface area (Å²) in [6.45, 7) is 2.01. The first-order chi connectivity index (χ1) is 21.3. The fourth-order valence-electron chi connectivity index (χ4n) is 5.42. The summed E-state index contributed by atoms with van der Waals surface area (Å²) < 4.78 is 25.2. The topological polar surface area (TPSA) is 114 Å². The Morgan fingerprint density at radius 3 is 1.70 bits per heavy atom. The van der Waals surface area contributed by atoms with Gasteiger partial charge in [0.05, 0.1) is 26.7 Å². The molecule has 2 aromatic rings. The zero-order valence-electron chi connectivity index (χ0n) is 26.2. The van der Waals surface area contributed by atoms with E-state index in [9.17, 15) is 19.2 Å². The maximum Gasteiger partial charge on any atom is 0.317 e. The van der Waals surface area contributed by atoms with Gasteiger partial charge in [-0.3, -0.25) is 19.2 Å². The number of hydrogen-bond donors (Lipinski definition) is 0. The molecule has 0 atom stereocenters. The third-order valence-electron chi connectivity index (χ3n) is 8.11. The molecule has 0 saturated heterocycles. The Bertz CT molecular complexity index is 1150. The van der Waals surface area contributed by atoms with Crippen LogP contribution in [0.2, 0.25) is 0 Å². The van der Waals surface area contributed by atoms with Gasteiger partial charge >= 0.3 is 23.9 Å². The summed E-state index contributed by atoms with van der Waals surface area (Å²) in [7, 11) is 2.35. The molecular weight excluding hydrogens is 564 g/mol. The van der Waals surface area contributed by atoms with E-state index in [1.807, 2.05) is 24.3 Å². The third-order valence-corrected chi connectivity index (χ3v) is 8.11. The molecule has 3 rings (SSSR count). The van der Waals surface area contributed by atoms with Gasteiger partial charge in [0.1, 0.15) is 31.8 Å². The SMILES string of the molecule is CCCCCC1CCC(c2ccc(-c3ccc(OCC(COC(=O)CC(=O)OC)COC(=O)CC(=O)OC)cc3)cc2)CC1. The predicted octanol–water partition coefficient (Wildman–Crippen LogP) is 6.42. The number of methoxy groups -OCH3 is 2. The highest BCUT2D eigenvalue weighted by molar-refractivity contribution is 5.91. The molecule has 9 heteroatoms. The van der Waals surface area contributed by atoms with E-state index < -0.39 is 42.6 Å². The molecule has 44 heavy (non-hydrogen) atoms. The van der Waals surface area contributed by atoms with Crippen molar-refractivity contribution in [3.05, 3.63) is 54.1 Å². The van der Waals surface area contributed by atoms with Gasteiger partial charge in [0.15, 0.2) is 0 Å². The van der Waals surface area contributed by atoms with Crippen LogP contribution in [0.25, 0.3) is 11.1 Å². The number of rotatable bonds is 17. The van der Waals surface area contributed by atoms with E-state index in [-0.39, 0.29) is 19.8 Å². The molecule has 0 N–H and O–H groups in total. The Kier molecular flexibility index (Phi) is 14.7. The minimum Gasteiger partial charge on any atom is -0.493 e. The second-order valence-electron chi connectivity index (χ2n) is 11.4. The summed E-state index contributed by atoms with van der Waals surface area (Å²) in [5.41, 5.74) is 3.61. The Hall–Kier alpha value is -3.88. The quantitative estimate of drug-likeness (QED) is 0.0867. The standard InChI is InChI=1S/C35H46O9/c1-4-5-6-7-25-8-10-27(11-9-25)28-12-14-29(15-13-28)30-16-18-31(19-17-30)42-22-26(23-43-34(38)20-32(36)40-2)24-44-35(39)21-33(37)41-3/h12-19,25-27H,4-11,20-24H2,1-3H3. The van der Waals surface area contributed by atoms with Gasteiger partial charge < -0.3 is 23.7 Å². The van der Waals surface area contributed by atoms with Crippen LogP contribution < -0.4 is 4.74 Å². The van der Waals surface area contributed by atoms with Gasteiger partial charge in [0.2, 0.25) is 0 Å². The van der Waals surface area contributed by atoms with E-state index in [2.05, 4.69) is 40.7 Å². The van der Waals surface area contributed by atoms with E-state index >= 15 is 0 Å². The zero-order chi connectivity index (χ0) is 31.7. The monoisotopic (exact) mass is 610 g/mol. The number of benzene rings is 2. The van der Waals surface area contributed by atoms with Gasteiger partial charge in [-0.2, -0.15) is 0 Å². The van der Waals surface area contributed by atoms with Crippen molar-refractivity contribution in [1.82, 2.24) is 0 Å². The van der Waals surface area contributed by atoms with Crippen molar-refractivity contribution in [1.29, 1.82) is 0 Å². The van der Waals surface area contributed by atoms with Gasteiger partial charge in [-0.15, -0.1) is 0 Å². The van der Waals surface area contributed by atoms with E-state index in [1.54, 1.807) is 0 Å². The van der Waals surface area contributed by atoms with Crippen LogP contribution in [0.3, 0.4) is 0 Å². The van der Waals surface area contributed by atoms with E-state index in [1.165, 1.54) is 71.1 Å². The van der Waals surface area contributed by atoms with Gasteiger partial charge in [-0.1, -0.05) is 69.0 Å². The van der Waals surface area contributed by atoms with Gasteiger partial charge in [-0.25, -0.2) is 0 Å². The molecule has 9 nitrogen and oxygen atoms in total. The molecule has 0 aromatic heterocycles. The molecular formula is C35H46O9. The lowest BCUT2D eigenvalue weighted by Crippen LogP contribution is -2.27. The predicted molar refractivity (Wildman–Crippen MR) is 165 cm³/mol. The Morgan fingerprint density at radius 2 is 1.20 bits per heavy atom. The Balaban J connectivity index is 1.52. The number of carbonyl (C=O) groups is 4. The molecule has 0 unspecified atom stereocenters. The van der Waals surface area contributed by atoms with Crippen molar-refractivity contribution >= 4 is 23.9 Å². The molecule has 1 aliphatic rings. The molecule has 0 spiro atoms. The van der Waals surface area contributed by atoms with Crippen molar-refractivity contribution in [2.24, 2.45) is 11.8 Å². The molecule has 0 aliphatic heterocycles. The first kappa shape index (κ1) is 34.6. The highest BCUT2D eigenvalue weighted by Gasteiger charge is 2.22. The van der Waals surface area contributed by atoms with Crippen LogP contribution in [0.5, 0.6) is 5.75 Å². The fourth-order valence-corrected chi connectivity index (χ4v) is 5.42. The molecule has 0 bridgehead atoms. The number of esters is 4. The average molecular weight is 611 g/mol. The van der Waals surface area contributed by atoms with E-state index in [4.69, 9.17) is 14.2 Å². The first-order valence-corrected chi connectivity index (χ1v) is 15.6. The van der Waals surface area contributed by atoms with Crippen molar-refractivity contribution in [3.63, 3.8) is 0 Å². The van der Waals surface area contributed by atoms with Crippen molar-refractivity contribution in [2.75, 3.05) is 34.0 Å². The molecule has 1 saturated carbocycles.